The summed E-state index contributed by atoms with van der Waals surface area (Å²) in [5.41, 5.74) is 2.52. The summed E-state index contributed by atoms with van der Waals surface area (Å²) in [6.07, 6.45) is 8.76. The van der Waals surface area contributed by atoms with Crippen LogP contribution in [0.3, 0.4) is 0 Å². The van der Waals surface area contributed by atoms with Crippen LogP contribution in [0.25, 0.3) is 11.3 Å². The summed E-state index contributed by atoms with van der Waals surface area (Å²) in [6, 6.07) is 7.57. The molecule has 0 N–H and O–H groups in total. The van der Waals surface area contributed by atoms with Gasteiger partial charge in [-0.05, 0) is 18.2 Å². The lowest BCUT2D eigenvalue weighted by Crippen LogP contribution is -2.30. The van der Waals surface area contributed by atoms with Gasteiger partial charge in [0.25, 0.3) is 0 Å². The number of aliphatic imine (C=N–C) groups is 1. The maximum absolute atomic E-state index is 13.5. The molecule has 8 heteroatoms. The molecule has 30 heavy (non-hydrogen) atoms. The molecule has 2 aliphatic rings. The van der Waals surface area contributed by atoms with Gasteiger partial charge in [-0.15, -0.1) is 0 Å². The van der Waals surface area contributed by atoms with E-state index in [2.05, 4.69) is 15.1 Å². The van der Waals surface area contributed by atoms with E-state index in [0.29, 0.717) is 28.5 Å². The first kappa shape index (κ1) is 18.0. The zero-order valence-corrected chi connectivity index (χ0v) is 15.8. The second-order valence-corrected chi connectivity index (χ2v) is 6.84. The minimum atomic E-state index is -0.944. The first-order valence-corrected chi connectivity index (χ1v) is 9.15. The van der Waals surface area contributed by atoms with Gasteiger partial charge in [0.05, 0.1) is 17.6 Å². The molecule has 1 atom stereocenters. The summed E-state index contributed by atoms with van der Waals surface area (Å²) in [4.78, 5) is 21.3. The monoisotopic (exact) mass is 402 g/mol. The predicted molar refractivity (Wildman–Crippen MR) is 107 cm³/mol. The molecule has 7 nitrogen and oxygen atoms in total. The van der Waals surface area contributed by atoms with E-state index in [0.717, 1.165) is 5.56 Å². The van der Waals surface area contributed by atoms with Gasteiger partial charge < -0.3 is 9.47 Å². The fourth-order valence-corrected chi connectivity index (χ4v) is 3.22. The van der Waals surface area contributed by atoms with E-state index in [1.54, 1.807) is 47.6 Å². The van der Waals surface area contributed by atoms with Gasteiger partial charge in [0, 0.05) is 61.1 Å². The third-order valence-corrected chi connectivity index (χ3v) is 4.64. The van der Waals surface area contributed by atoms with E-state index in [9.17, 15) is 9.18 Å². The van der Waals surface area contributed by atoms with Gasteiger partial charge in [-0.25, -0.2) is 4.39 Å². The van der Waals surface area contributed by atoms with E-state index in [1.165, 1.54) is 18.2 Å². The lowest BCUT2D eigenvalue weighted by molar-refractivity contribution is -0.119. The molecule has 148 valence electrons. The molecule has 0 bridgehead atoms. The number of allylic oxidation sites excluding steroid dienone is 1. The summed E-state index contributed by atoms with van der Waals surface area (Å²) in [5, 5.41) is 4.14. The Bertz CT molecular complexity index is 1260. The Morgan fingerprint density at radius 3 is 2.93 bits per heavy atom. The number of aryl methyl sites for hydroxylation is 1. The van der Waals surface area contributed by atoms with Crippen LogP contribution in [-0.4, -0.2) is 32.9 Å². The molecule has 0 amide bonds. The number of carbonyl (C=O) groups excluding carboxylic acids is 1. The SMILES string of the molecule is Cn1cc(-c2cc(OC3=CC(=O)C4Oc5cc(F)ccc5C=NC4=C3)ccn2)cn1. The highest BCUT2D eigenvalue weighted by atomic mass is 19.1. The topological polar surface area (TPSA) is 78.6 Å². The highest BCUT2D eigenvalue weighted by molar-refractivity contribution is 5.99. The quantitative estimate of drug-likeness (QED) is 0.672. The highest BCUT2D eigenvalue weighted by Crippen LogP contribution is 2.30. The number of ketones is 1. The number of nitrogens with zero attached hydrogens (tertiary/aromatic N) is 4. The van der Waals surface area contributed by atoms with Crippen LogP contribution >= 0.6 is 0 Å². The number of halogens is 1. The molecule has 5 rings (SSSR count). The molecule has 1 aromatic carbocycles. The van der Waals surface area contributed by atoms with E-state index >= 15 is 0 Å². The lowest BCUT2D eigenvalue weighted by Gasteiger charge is -2.20. The molecular weight excluding hydrogens is 387 g/mol. The number of fused-ring (bicyclic) bond motifs is 2. The van der Waals surface area contributed by atoms with E-state index in [1.807, 2.05) is 13.2 Å². The normalized spacial score (nSPS) is 17.3. The number of rotatable bonds is 3. The number of hydrogen-bond acceptors (Lipinski definition) is 6. The standard InChI is InChI=1S/C22H15FN4O3/c1-27-12-14(11-26-27)18-7-16(4-5-24-18)29-17-8-19-22(20(28)9-17)30-21-6-15(23)3-2-13(21)10-25-19/h2-12,22H,1H3. The van der Waals surface area contributed by atoms with Crippen molar-refractivity contribution in [2.24, 2.45) is 12.0 Å². The number of ether oxygens (including phenoxy) is 2. The van der Waals surface area contributed by atoms with Crippen molar-refractivity contribution in [3.05, 3.63) is 83.9 Å². The minimum absolute atomic E-state index is 0.272. The number of carbonyl (C=O) groups is 1. The Morgan fingerprint density at radius 1 is 1.20 bits per heavy atom. The van der Waals surface area contributed by atoms with Gasteiger partial charge in [0.1, 0.15) is 23.1 Å². The maximum atomic E-state index is 13.5. The largest absolute Gasteiger partial charge is 0.475 e. The van der Waals surface area contributed by atoms with Crippen molar-refractivity contribution >= 4 is 12.0 Å². The molecule has 3 heterocycles. The van der Waals surface area contributed by atoms with Gasteiger partial charge >= 0.3 is 0 Å². The Labute approximate surface area is 170 Å². The number of aromatic nitrogens is 3. The number of hydrogen-bond donors (Lipinski definition) is 0. The minimum Gasteiger partial charge on any atom is -0.475 e. The van der Waals surface area contributed by atoms with Gasteiger partial charge in [0.2, 0.25) is 11.9 Å². The van der Waals surface area contributed by atoms with E-state index in [4.69, 9.17) is 9.47 Å². The van der Waals surface area contributed by atoms with Crippen LogP contribution in [0.1, 0.15) is 5.56 Å². The molecule has 0 saturated carbocycles. The summed E-state index contributed by atoms with van der Waals surface area (Å²) >= 11 is 0. The number of benzene rings is 1. The molecule has 0 radical (unpaired) electrons. The second-order valence-electron chi connectivity index (χ2n) is 6.84. The zero-order valence-electron chi connectivity index (χ0n) is 15.8. The fourth-order valence-electron chi connectivity index (χ4n) is 3.22. The third kappa shape index (κ3) is 3.39. The van der Waals surface area contributed by atoms with Crippen molar-refractivity contribution in [3.63, 3.8) is 0 Å². The Balaban J connectivity index is 1.41. The Kier molecular flexibility index (Phi) is 4.24. The number of pyridine rings is 1. The summed E-state index contributed by atoms with van der Waals surface area (Å²) in [5.74, 6) is 0.334. The van der Waals surface area contributed by atoms with Gasteiger partial charge in [-0.1, -0.05) is 0 Å². The Morgan fingerprint density at radius 2 is 2.10 bits per heavy atom. The first-order chi connectivity index (χ1) is 14.5. The molecule has 2 aromatic heterocycles. The van der Waals surface area contributed by atoms with Crippen molar-refractivity contribution in [1.29, 1.82) is 0 Å². The summed E-state index contributed by atoms with van der Waals surface area (Å²) < 4.78 is 26.8. The van der Waals surface area contributed by atoms with Gasteiger partial charge in [-0.2, -0.15) is 5.10 Å². The zero-order chi connectivity index (χ0) is 20.7. The van der Waals surface area contributed by atoms with Gasteiger partial charge in [-0.3, -0.25) is 19.5 Å². The summed E-state index contributed by atoms with van der Waals surface area (Å²) in [6.45, 7) is 0. The van der Waals surface area contributed by atoms with Gasteiger partial charge in [0.15, 0.2) is 0 Å². The lowest BCUT2D eigenvalue weighted by atomic mass is 10.1. The van der Waals surface area contributed by atoms with Crippen LogP contribution in [0.15, 0.2) is 77.5 Å². The molecule has 0 spiro atoms. The Hall–Kier alpha value is -4.07. The van der Waals surface area contributed by atoms with Crippen LogP contribution in [0.4, 0.5) is 4.39 Å². The molecule has 0 fully saturated rings. The molecule has 1 unspecified atom stereocenters. The fraction of sp³-hybridized carbons (Fsp3) is 0.0909. The summed E-state index contributed by atoms with van der Waals surface area (Å²) in [7, 11) is 1.83. The molecule has 1 aliphatic heterocycles. The predicted octanol–water partition coefficient (Wildman–Crippen LogP) is 3.23. The van der Waals surface area contributed by atoms with Crippen LogP contribution in [-0.2, 0) is 11.8 Å². The van der Waals surface area contributed by atoms with Crippen molar-refractivity contribution in [1.82, 2.24) is 14.8 Å². The van der Waals surface area contributed by atoms with Crippen molar-refractivity contribution in [3.8, 4) is 22.8 Å². The van der Waals surface area contributed by atoms with Crippen molar-refractivity contribution < 1.29 is 18.7 Å². The average Bonchev–Trinajstić information content (AvgIpc) is 3.07. The van der Waals surface area contributed by atoms with Crippen LogP contribution in [0, 0.1) is 5.82 Å². The van der Waals surface area contributed by atoms with Crippen molar-refractivity contribution in [2.75, 3.05) is 0 Å². The molecular formula is C22H15FN4O3. The maximum Gasteiger partial charge on any atom is 0.206 e. The second kappa shape index (κ2) is 7.07. The molecule has 3 aromatic rings. The first-order valence-electron chi connectivity index (χ1n) is 9.15. The third-order valence-electron chi connectivity index (χ3n) is 4.64. The van der Waals surface area contributed by atoms with Crippen molar-refractivity contribution in [2.45, 2.75) is 6.10 Å². The molecule has 0 saturated heterocycles. The smallest absolute Gasteiger partial charge is 0.206 e. The molecule has 1 aliphatic carbocycles. The average molecular weight is 402 g/mol. The van der Waals surface area contributed by atoms with Crippen LogP contribution < -0.4 is 9.47 Å². The van der Waals surface area contributed by atoms with E-state index < -0.39 is 11.9 Å². The van der Waals surface area contributed by atoms with E-state index in [-0.39, 0.29) is 11.5 Å². The van der Waals surface area contributed by atoms with Crippen LogP contribution in [0.2, 0.25) is 0 Å². The highest BCUT2D eigenvalue weighted by Gasteiger charge is 2.30. The van der Waals surface area contributed by atoms with Crippen LogP contribution in [0.5, 0.6) is 11.5 Å².